The summed E-state index contributed by atoms with van der Waals surface area (Å²) in [6.07, 6.45) is 0.853. The summed E-state index contributed by atoms with van der Waals surface area (Å²) in [7, 11) is 0. The largest absolute Gasteiger partial charge is 0.350 e. The third-order valence-corrected chi connectivity index (χ3v) is 5.64. The Morgan fingerprint density at radius 2 is 1.81 bits per heavy atom. The molecule has 0 aliphatic heterocycles. The molecule has 1 unspecified atom stereocenters. The van der Waals surface area contributed by atoms with Crippen molar-refractivity contribution in [1.29, 1.82) is 0 Å². The van der Waals surface area contributed by atoms with Gasteiger partial charge in [0.2, 0.25) is 5.91 Å². The minimum absolute atomic E-state index is 0.0890. The predicted molar refractivity (Wildman–Crippen MR) is 113 cm³/mol. The SMILES string of the molecule is CCC(C)NC(=O)c1ccccc1NC(=O)CSCc1ccccc1Br. The number of rotatable bonds is 8. The average Bonchev–Trinajstić information content (AvgIpc) is 2.63. The quantitative estimate of drug-likeness (QED) is 0.623. The van der Waals surface area contributed by atoms with Gasteiger partial charge >= 0.3 is 0 Å². The van der Waals surface area contributed by atoms with Gasteiger partial charge in [-0.3, -0.25) is 9.59 Å². The Morgan fingerprint density at radius 3 is 2.54 bits per heavy atom. The highest BCUT2D eigenvalue weighted by atomic mass is 79.9. The molecule has 2 aromatic rings. The first-order valence-corrected chi connectivity index (χ1v) is 10.5. The molecule has 0 aliphatic rings. The number of benzene rings is 2. The third kappa shape index (κ3) is 6.18. The van der Waals surface area contributed by atoms with Crippen LogP contribution in [0.5, 0.6) is 0 Å². The van der Waals surface area contributed by atoms with Crippen LogP contribution in [0, 0.1) is 0 Å². The Kier molecular flexibility index (Phi) is 8.19. The zero-order valence-electron chi connectivity index (χ0n) is 14.9. The maximum atomic E-state index is 12.4. The Hall–Kier alpha value is -1.79. The van der Waals surface area contributed by atoms with Crippen LogP contribution in [-0.4, -0.2) is 23.6 Å². The molecule has 26 heavy (non-hydrogen) atoms. The lowest BCUT2D eigenvalue weighted by Crippen LogP contribution is -2.32. The summed E-state index contributed by atoms with van der Waals surface area (Å²) in [6, 6.07) is 15.1. The van der Waals surface area contributed by atoms with Crippen LogP contribution in [0.4, 0.5) is 5.69 Å². The molecule has 0 saturated carbocycles. The highest BCUT2D eigenvalue weighted by Crippen LogP contribution is 2.22. The number of hydrogen-bond acceptors (Lipinski definition) is 3. The molecule has 0 aliphatic carbocycles. The van der Waals surface area contributed by atoms with Crippen molar-refractivity contribution in [3.8, 4) is 0 Å². The molecule has 0 fully saturated rings. The van der Waals surface area contributed by atoms with E-state index in [1.54, 1.807) is 18.2 Å². The van der Waals surface area contributed by atoms with E-state index in [1.165, 1.54) is 11.8 Å². The van der Waals surface area contributed by atoms with Gasteiger partial charge in [0.15, 0.2) is 0 Å². The molecular formula is C20H23BrN2O2S. The van der Waals surface area contributed by atoms with Crippen molar-refractivity contribution in [3.63, 3.8) is 0 Å². The minimum Gasteiger partial charge on any atom is -0.350 e. The van der Waals surface area contributed by atoms with Crippen molar-refractivity contribution in [2.45, 2.75) is 32.1 Å². The molecule has 4 nitrogen and oxygen atoms in total. The lowest BCUT2D eigenvalue weighted by Gasteiger charge is -2.14. The molecule has 138 valence electrons. The molecule has 0 spiro atoms. The zero-order chi connectivity index (χ0) is 18.9. The van der Waals surface area contributed by atoms with Crippen LogP contribution < -0.4 is 10.6 Å². The number of carbonyl (C=O) groups is 2. The fourth-order valence-electron chi connectivity index (χ4n) is 2.25. The van der Waals surface area contributed by atoms with E-state index in [9.17, 15) is 9.59 Å². The number of anilines is 1. The van der Waals surface area contributed by atoms with Crippen LogP contribution in [-0.2, 0) is 10.5 Å². The second kappa shape index (κ2) is 10.4. The van der Waals surface area contributed by atoms with Crippen molar-refractivity contribution in [2.75, 3.05) is 11.1 Å². The molecule has 0 heterocycles. The summed E-state index contributed by atoms with van der Waals surface area (Å²) in [6.45, 7) is 3.97. The Balaban J connectivity index is 1.92. The number of halogens is 1. The van der Waals surface area contributed by atoms with Gasteiger partial charge in [0, 0.05) is 16.3 Å². The predicted octanol–water partition coefficient (Wildman–Crippen LogP) is 4.85. The minimum atomic E-state index is -0.170. The van der Waals surface area contributed by atoms with Crippen molar-refractivity contribution in [3.05, 3.63) is 64.1 Å². The second-order valence-corrected chi connectivity index (χ2v) is 7.80. The van der Waals surface area contributed by atoms with Gasteiger partial charge in [-0.25, -0.2) is 0 Å². The van der Waals surface area contributed by atoms with Crippen LogP contribution in [0.3, 0.4) is 0 Å². The maximum absolute atomic E-state index is 12.4. The fourth-order valence-corrected chi connectivity index (χ4v) is 3.69. The Labute approximate surface area is 167 Å². The van der Waals surface area contributed by atoms with E-state index in [4.69, 9.17) is 0 Å². The number of carbonyl (C=O) groups excluding carboxylic acids is 2. The maximum Gasteiger partial charge on any atom is 0.253 e. The van der Waals surface area contributed by atoms with Gasteiger partial charge in [-0.15, -0.1) is 11.8 Å². The normalized spacial score (nSPS) is 11.7. The second-order valence-electron chi connectivity index (χ2n) is 5.96. The fraction of sp³-hybridized carbons (Fsp3) is 0.300. The summed E-state index contributed by atoms with van der Waals surface area (Å²) in [4.78, 5) is 24.6. The molecule has 0 aromatic heterocycles. The molecule has 2 aromatic carbocycles. The first-order chi connectivity index (χ1) is 12.5. The molecular weight excluding hydrogens is 412 g/mol. The molecule has 0 radical (unpaired) electrons. The van der Waals surface area contributed by atoms with Crippen LogP contribution in [0.15, 0.2) is 53.0 Å². The van der Waals surface area contributed by atoms with Gasteiger partial charge in [-0.1, -0.05) is 53.2 Å². The van der Waals surface area contributed by atoms with Gasteiger partial charge in [-0.2, -0.15) is 0 Å². The first-order valence-electron chi connectivity index (χ1n) is 8.52. The number of para-hydroxylation sites is 1. The van der Waals surface area contributed by atoms with E-state index in [2.05, 4.69) is 26.6 Å². The molecule has 6 heteroatoms. The monoisotopic (exact) mass is 434 g/mol. The summed E-state index contributed by atoms with van der Waals surface area (Å²) < 4.78 is 1.04. The van der Waals surface area contributed by atoms with Gasteiger partial charge in [-0.05, 0) is 37.1 Å². The summed E-state index contributed by atoms with van der Waals surface area (Å²) in [5.74, 6) is 0.773. The molecule has 1 atom stereocenters. The van der Waals surface area contributed by atoms with E-state index in [0.717, 1.165) is 22.2 Å². The Bertz CT molecular complexity index is 767. The summed E-state index contributed by atoms with van der Waals surface area (Å²) in [5, 5.41) is 5.78. The van der Waals surface area contributed by atoms with Crippen LogP contribution in [0.2, 0.25) is 0 Å². The van der Waals surface area contributed by atoms with Crippen molar-refractivity contribution in [2.24, 2.45) is 0 Å². The lowest BCUT2D eigenvalue weighted by molar-refractivity contribution is -0.113. The van der Waals surface area contributed by atoms with E-state index in [-0.39, 0.29) is 17.9 Å². The number of nitrogens with one attached hydrogen (secondary N) is 2. The smallest absolute Gasteiger partial charge is 0.253 e. The van der Waals surface area contributed by atoms with E-state index in [0.29, 0.717) is 17.0 Å². The van der Waals surface area contributed by atoms with Crippen molar-refractivity contribution in [1.82, 2.24) is 5.32 Å². The number of thioether (sulfide) groups is 1. The van der Waals surface area contributed by atoms with E-state index in [1.807, 2.05) is 44.2 Å². The Morgan fingerprint density at radius 1 is 1.12 bits per heavy atom. The van der Waals surface area contributed by atoms with Crippen LogP contribution in [0.1, 0.15) is 36.2 Å². The van der Waals surface area contributed by atoms with Crippen LogP contribution in [0.25, 0.3) is 0 Å². The van der Waals surface area contributed by atoms with E-state index < -0.39 is 0 Å². The molecule has 2 amide bonds. The molecule has 2 rings (SSSR count). The number of hydrogen-bond donors (Lipinski definition) is 2. The third-order valence-electron chi connectivity index (χ3n) is 3.88. The zero-order valence-corrected chi connectivity index (χ0v) is 17.3. The summed E-state index contributed by atoms with van der Waals surface area (Å²) in [5.41, 5.74) is 2.18. The average molecular weight is 435 g/mol. The van der Waals surface area contributed by atoms with Crippen molar-refractivity contribution >= 4 is 45.2 Å². The summed E-state index contributed by atoms with van der Waals surface area (Å²) >= 11 is 5.04. The molecule has 2 N–H and O–H groups in total. The van der Waals surface area contributed by atoms with Crippen molar-refractivity contribution < 1.29 is 9.59 Å². The van der Waals surface area contributed by atoms with Gasteiger partial charge in [0.05, 0.1) is 17.0 Å². The van der Waals surface area contributed by atoms with Gasteiger partial charge in [0.1, 0.15) is 0 Å². The molecule has 0 bridgehead atoms. The van der Waals surface area contributed by atoms with E-state index >= 15 is 0 Å². The topological polar surface area (TPSA) is 58.2 Å². The highest BCUT2D eigenvalue weighted by Gasteiger charge is 2.14. The first kappa shape index (κ1) is 20.5. The standard InChI is InChI=1S/C20H23BrN2O2S/c1-3-14(2)22-20(25)16-9-5-7-11-18(16)23-19(24)13-26-12-15-8-4-6-10-17(15)21/h4-11,14H,3,12-13H2,1-2H3,(H,22,25)(H,23,24). The van der Waals surface area contributed by atoms with Gasteiger partial charge < -0.3 is 10.6 Å². The van der Waals surface area contributed by atoms with Crippen LogP contribution >= 0.6 is 27.7 Å². The molecule has 0 saturated heterocycles. The number of amides is 2. The lowest BCUT2D eigenvalue weighted by atomic mass is 10.1. The van der Waals surface area contributed by atoms with Gasteiger partial charge in [0.25, 0.3) is 5.91 Å². The highest BCUT2D eigenvalue weighted by molar-refractivity contribution is 9.10.